The van der Waals surface area contributed by atoms with Gasteiger partial charge in [-0.1, -0.05) is 112 Å². The zero-order valence-corrected chi connectivity index (χ0v) is 19.3. The van der Waals surface area contributed by atoms with Crippen LogP contribution in [0.15, 0.2) is 24.8 Å². The zero-order chi connectivity index (χ0) is 21.0. The van der Waals surface area contributed by atoms with Crippen LogP contribution in [0.1, 0.15) is 110 Å². The zero-order valence-electron chi connectivity index (χ0n) is 19.3. The van der Waals surface area contributed by atoms with Crippen LogP contribution in [0.25, 0.3) is 6.08 Å². The first-order chi connectivity index (χ1) is 12.8. The number of hydrogen-bond acceptors (Lipinski definition) is 1. The van der Waals surface area contributed by atoms with Crippen LogP contribution >= 0.6 is 0 Å². The SMILES string of the molecule is C=Cc1ccc(C(CC(CCC)CCC)C(=O)C(C)(C)C)cc1CC.CC. The summed E-state index contributed by atoms with van der Waals surface area (Å²) in [5.41, 5.74) is 3.37. The molecule has 0 fully saturated rings. The second-order valence-electron chi connectivity index (χ2n) is 8.36. The smallest absolute Gasteiger partial charge is 0.145 e. The van der Waals surface area contributed by atoms with Crippen LogP contribution in [-0.2, 0) is 11.2 Å². The summed E-state index contributed by atoms with van der Waals surface area (Å²) < 4.78 is 0. The van der Waals surface area contributed by atoms with Gasteiger partial charge in [0.15, 0.2) is 0 Å². The molecule has 0 saturated carbocycles. The highest BCUT2D eigenvalue weighted by Gasteiger charge is 2.32. The van der Waals surface area contributed by atoms with E-state index in [0.29, 0.717) is 11.7 Å². The molecule has 27 heavy (non-hydrogen) atoms. The largest absolute Gasteiger partial charge is 0.298 e. The Hall–Kier alpha value is -1.37. The van der Waals surface area contributed by atoms with Crippen molar-refractivity contribution in [3.05, 3.63) is 41.5 Å². The molecule has 0 spiro atoms. The van der Waals surface area contributed by atoms with E-state index in [2.05, 4.69) is 66.3 Å². The molecule has 0 heterocycles. The Morgan fingerprint density at radius 1 is 1.07 bits per heavy atom. The molecule has 1 heteroatoms. The number of rotatable bonds is 10. The summed E-state index contributed by atoms with van der Waals surface area (Å²) in [5, 5.41) is 0. The Kier molecular flexibility index (Phi) is 12.3. The van der Waals surface area contributed by atoms with Crippen LogP contribution in [-0.4, -0.2) is 5.78 Å². The Labute approximate surface area is 169 Å². The minimum Gasteiger partial charge on any atom is -0.298 e. The molecular formula is C26H44O. The molecule has 0 aliphatic heterocycles. The van der Waals surface area contributed by atoms with Gasteiger partial charge in [-0.3, -0.25) is 4.79 Å². The highest BCUT2D eigenvalue weighted by atomic mass is 16.1. The van der Waals surface area contributed by atoms with Crippen molar-refractivity contribution in [3.63, 3.8) is 0 Å². The van der Waals surface area contributed by atoms with Gasteiger partial charge >= 0.3 is 0 Å². The van der Waals surface area contributed by atoms with E-state index >= 15 is 0 Å². The van der Waals surface area contributed by atoms with Crippen molar-refractivity contribution in [2.45, 2.75) is 99.8 Å². The number of hydrogen-bond donors (Lipinski definition) is 0. The second kappa shape index (κ2) is 12.9. The number of Topliss-reactive ketones (excluding diaryl/α,β-unsaturated/α-hetero) is 1. The maximum Gasteiger partial charge on any atom is 0.145 e. The van der Waals surface area contributed by atoms with E-state index in [4.69, 9.17) is 0 Å². The van der Waals surface area contributed by atoms with E-state index < -0.39 is 0 Å². The maximum atomic E-state index is 13.2. The lowest BCUT2D eigenvalue weighted by Crippen LogP contribution is -2.28. The van der Waals surface area contributed by atoms with Crippen LogP contribution in [0.2, 0.25) is 0 Å². The van der Waals surface area contributed by atoms with Crippen LogP contribution in [0, 0.1) is 11.3 Å². The van der Waals surface area contributed by atoms with Gasteiger partial charge in [-0.05, 0) is 35.4 Å². The van der Waals surface area contributed by atoms with Gasteiger partial charge < -0.3 is 0 Å². The molecule has 0 radical (unpaired) electrons. The summed E-state index contributed by atoms with van der Waals surface area (Å²) in [6.45, 7) is 20.7. The first kappa shape index (κ1) is 25.6. The molecule has 154 valence electrons. The summed E-state index contributed by atoms with van der Waals surface area (Å²) in [4.78, 5) is 13.2. The summed E-state index contributed by atoms with van der Waals surface area (Å²) in [6.07, 6.45) is 8.68. The molecular weight excluding hydrogens is 328 g/mol. The van der Waals surface area contributed by atoms with E-state index in [9.17, 15) is 4.79 Å². The van der Waals surface area contributed by atoms with Crippen LogP contribution in [0.3, 0.4) is 0 Å². The van der Waals surface area contributed by atoms with E-state index in [1.54, 1.807) is 0 Å². The van der Waals surface area contributed by atoms with Crippen LogP contribution in [0.4, 0.5) is 0 Å². The van der Waals surface area contributed by atoms with Gasteiger partial charge in [0, 0.05) is 11.3 Å². The molecule has 1 unspecified atom stereocenters. The summed E-state index contributed by atoms with van der Waals surface area (Å²) in [7, 11) is 0. The molecule has 1 atom stereocenters. The summed E-state index contributed by atoms with van der Waals surface area (Å²) >= 11 is 0. The Morgan fingerprint density at radius 2 is 1.63 bits per heavy atom. The van der Waals surface area contributed by atoms with E-state index in [1.165, 1.54) is 42.4 Å². The average Bonchev–Trinajstić information content (AvgIpc) is 2.66. The van der Waals surface area contributed by atoms with Crippen molar-refractivity contribution < 1.29 is 4.79 Å². The first-order valence-corrected chi connectivity index (χ1v) is 11.1. The molecule has 1 rings (SSSR count). The lowest BCUT2D eigenvalue weighted by molar-refractivity contribution is -0.128. The van der Waals surface area contributed by atoms with E-state index in [1.807, 2.05) is 19.9 Å². The third-order valence-electron chi connectivity index (χ3n) is 5.19. The Bertz CT molecular complexity index is 556. The highest BCUT2D eigenvalue weighted by molar-refractivity contribution is 5.90. The number of aryl methyl sites for hydroxylation is 1. The quantitative estimate of drug-likeness (QED) is 0.404. The molecule has 0 N–H and O–H groups in total. The third kappa shape index (κ3) is 8.03. The molecule has 1 nitrogen and oxygen atoms in total. The van der Waals surface area contributed by atoms with Crippen LogP contribution < -0.4 is 0 Å². The predicted molar refractivity (Wildman–Crippen MR) is 122 cm³/mol. The fraction of sp³-hybridized carbons (Fsp3) is 0.654. The maximum absolute atomic E-state index is 13.2. The molecule has 0 amide bonds. The molecule has 0 saturated heterocycles. The van der Waals surface area contributed by atoms with Crippen LogP contribution in [0.5, 0.6) is 0 Å². The van der Waals surface area contributed by atoms with Gasteiger partial charge in [-0.15, -0.1) is 0 Å². The van der Waals surface area contributed by atoms with Gasteiger partial charge in [0.05, 0.1) is 0 Å². The number of carbonyl (C=O) groups is 1. The first-order valence-electron chi connectivity index (χ1n) is 11.1. The van der Waals surface area contributed by atoms with Gasteiger partial charge in [0.25, 0.3) is 0 Å². The molecule has 1 aromatic carbocycles. The molecule has 0 bridgehead atoms. The van der Waals surface area contributed by atoms with E-state index in [0.717, 1.165) is 12.8 Å². The van der Waals surface area contributed by atoms with Crippen molar-refractivity contribution in [1.29, 1.82) is 0 Å². The lowest BCUT2D eigenvalue weighted by atomic mass is 9.74. The molecule has 0 aliphatic carbocycles. The monoisotopic (exact) mass is 372 g/mol. The number of ketones is 1. The Balaban J connectivity index is 0.00000326. The normalized spacial score (nSPS) is 12.3. The van der Waals surface area contributed by atoms with Crippen molar-refractivity contribution in [3.8, 4) is 0 Å². The lowest BCUT2D eigenvalue weighted by Gasteiger charge is -2.29. The van der Waals surface area contributed by atoms with Crippen molar-refractivity contribution in [2.24, 2.45) is 11.3 Å². The standard InChI is InChI=1S/C24H38O.C2H6/c1-8-12-18(13-9-2)16-22(23(25)24(5,6)7)21-15-14-19(10-3)20(11-4)17-21;1-2/h10,14-15,17-18,22H,3,8-9,11-13,16H2,1-2,4-7H3;1-2H3. The summed E-state index contributed by atoms with van der Waals surface area (Å²) in [6, 6.07) is 6.54. The fourth-order valence-electron chi connectivity index (χ4n) is 3.79. The van der Waals surface area contributed by atoms with E-state index in [-0.39, 0.29) is 11.3 Å². The summed E-state index contributed by atoms with van der Waals surface area (Å²) in [5.74, 6) is 1.01. The molecule has 1 aromatic rings. The van der Waals surface area contributed by atoms with Gasteiger partial charge in [0.2, 0.25) is 0 Å². The number of carbonyl (C=O) groups excluding carboxylic acids is 1. The second-order valence-corrected chi connectivity index (χ2v) is 8.36. The minimum atomic E-state index is -0.308. The topological polar surface area (TPSA) is 17.1 Å². The van der Waals surface area contributed by atoms with Gasteiger partial charge in [-0.2, -0.15) is 0 Å². The van der Waals surface area contributed by atoms with Crippen molar-refractivity contribution in [1.82, 2.24) is 0 Å². The highest BCUT2D eigenvalue weighted by Crippen LogP contribution is 2.36. The van der Waals surface area contributed by atoms with Crippen molar-refractivity contribution >= 4 is 11.9 Å². The third-order valence-corrected chi connectivity index (χ3v) is 5.19. The minimum absolute atomic E-state index is 0.00673. The van der Waals surface area contributed by atoms with Crippen molar-refractivity contribution in [2.75, 3.05) is 0 Å². The predicted octanol–water partition coefficient (Wildman–Crippen LogP) is 8.22. The number of benzene rings is 1. The van der Waals surface area contributed by atoms with Gasteiger partial charge in [0.1, 0.15) is 5.78 Å². The Morgan fingerprint density at radius 3 is 2.04 bits per heavy atom. The molecule has 0 aliphatic rings. The average molecular weight is 373 g/mol. The fourth-order valence-corrected chi connectivity index (χ4v) is 3.79. The van der Waals surface area contributed by atoms with Gasteiger partial charge in [-0.25, -0.2) is 0 Å². The molecule has 0 aromatic heterocycles.